The van der Waals surface area contributed by atoms with Gasteiger partial charge in [-0.05, 0) is 49.2 Å². The number of aromatic amines is 1. The van der Waals surface area contributed by atoms with Gasteiger partial charge in [0.25, 0.3) is 0 Å². The average molecular weight is 297 g/mol. The molecule has 0 aliphatic heterocycles. The van der Waals surface area contributed by atoms with Gasteiger partial charge in [0.2, 0.25) is 0 Å². The maximum absolute atomic E-state index is 13.9. The van der Waals surface area contributed by atoms with E-state index < -0.39 is 5.82 Å². The zero-order valence-corrected chi connectivity index (χ0v) is 12.7. The van der Waals surface area contributed by atoms with Crippen LogP contribution in [0.2, 0.25) is 0 Å². The summed E-state index contributed by atoms with van der Waals surface area (Å²) >= 11 is 0. The van der Waals surface area contributed by atoms with Crippen molar-refractivity contribution in [3.8, 4) is 17.0 Å². The van der Waals surface area contributed by atoms with Gasteiger partial charge in [-0.15, -0.1) is 0 Å². The Morgan fingerprint density at radius 1 is 1.18 bits per heavy atom. The van der Waals surface area contributed by atoms with E-state index in [0.29, 0.717) is 16.8 Å². The van der Waals surface area contributed by atoms with Crippen molar-refractivity contribution in [1.29, 1.82) is 0 Å². The molecule has 0 aliphatic rings. The monoisotopic (exact) mass is 297 g/mol. The molecule has 0 unspecified atom stereocenters. The molecule has 3 aromatic rings. The summed E-state index contributed by atoms with van der Waals surface area (Å²) in [4.78, 5) is 14.8. The van der Waals surface area contributed by atoms with Crippen LogP contribution in [0, 0.1) is 19.7 Å². The summed E-state index contributed by atoms with van der Waals surface area (Å²) in [6.45, 7) is 3.97. The van der Waals surface area contributed by atoms with Gasteiger partial charge >= 0.3 is 0 Å². The van der Waals surface area contributed by atoms with Gasteiger partial charge in [-0.2, -0.15) is 0 Å². The second-order valence-electron chi connectivity index (χ2n) is 5.39. The minimum Gasteiger partial charge on any atom is -0.494 e. The van der Waals surface area contributed by atoms with Gasteiger partial charge in [0.05, 0.1) is 12.8 Å². The molecule has 3 rings (SSSR count). The van der Waals surface area contributed by atoms with E-state index in [4.69, 9.17) is 4.74 Å². The predicted molar refractivity (Wildman–Crippen MR) is 85.1 cm³/mol. The second kappa shape index (κ2) is 5.30. The molecule has 4 heteroatoms. The van der Waals surface area contributed by atoms with Crippen molar-refractivity contribution in [1.82, 2.24) is 4.98 Å². The van der Waals surface area contributed by atoms with Gasteiger partial charge in [0, 0.05) is 22.0 Å². The summed E-state index contributed by atoms with van der Waals surface area (Å²) in [6.07, 6.45) is 0.818. The summed E-state index contributed by atoms with van der Waals surface area (Å²) in [6, 6.07) is 8.68. The van der Waals surface area contributed by atoms with Crippen LogP contribution in [0.3, 0.4) is 0 Å². The summed E-state index contributed by atoms with van der Waals surface area (Å²) in [7, 11) is 1.42. The van der Waals surface area contributed by atoms with Crippen molar-refractivity contribution in [2.24, 2.45) is 0 Å². The molecule has 1 aromatic heterocycles. The molecule has 0 saturated heterocycles. The van der Waals surface area contributed by atoms with Crippen molar-refractivity contribution in [2.45, 2.75) is 13.8 Å². The Morgan fingerprint density at radius 3 is 2.59 bits per heavy atom. The molecule has 0 amide bonds. The first-order valence-corrected chi connectivity index (χ1v) is 6.97. The highest BCUT2D eigenvalue weighted by Crippen LogP contribution is 2.33. The van der Waals surface area contributed by atoms with E-state index in [1.165, 1.54) is 13.2 Å². The van der Waals surface area contributed by atoms with E-state index >= 15 is 0 Å². The Morgan fingerprint density at radius 2 is 1.95 bits per heavy atom. The number of aromatic nitrogens is 1. The summed E-state index contributed by atoms with van der Waals surface area (Å²) in [5, 5.41) is 0.881. The van der Waals surface area contributed by atoms with Crippen LogP contribution < -0.4 is 4.74 Å². The zero-order chi connectivity index (χ0) is 15.9. The topological polar surface area (TPSA) is 42.1 Å². The number of H-pyrrole nitrogens is 1. The molecule has 112 valence electrons. The number of hydrogen-bond donors (Lipinski definition) is 1. The summed E-state index contributed by atoms with van der Waals surface area (Å²) < 4.78 is 18.9. The van der Waals surface area contributed by atoms with Crippen LogP contribution in [-0.2, 0) is 0 Å². The summed E-state index contributed by atoms with van der Waals surface area (Å²) in [5.41, 5.74) is 4.81. The van der Waals surface area contributed by atoms with Gasteiger partial charge < -0.3 is 9.72 Å². The van der Waals surface area contributed by atoms with Crippen molar-refractivity contribution in [3.05, 3.63) is 52.8 Å². The van der Waals surface area contributed by atoms with Crippen LogP contribution in [0.1, 0.15) is 21.5 Å². The fraction of sp³-hybridized carbons (Fsp3) is 0.167. The maximum atomic E-state index is 13.9. The predicted octanol–water partition coefficient (Wildman–Crippen LogP) is 4.41. The molecular weight excluding hydrogens is 281 g/mol. The molecule has 0 atom stereocenters. The lowest BCUT2D eigenvalue weighted by molar-refractivity contribution is 0.112. The van der Waals surface area contributed by atoms with Crippen LogP contribution in [0.15, 0.2) is 30.3 Å². The van der Waals surface area contributed by atoms with Crippen molar-refractivity contribution in [3.63, 3.8) is 0 Å². The molecular formula is C18H16FNO2. The number of halogens is 1. The molecule has 0 fully saturated rings. The second-order valence-corrected chi connectivity index (χ2v) is 5.39. The third kappa shape index (κ3) is 2.17. The Kier molecular flexibility index (Phi) is 3.45. The number of carbonyl (C=O) groups is 1. The van der Waals surface area contributed by atoms with Crippen molar-refractivity contribution >= 4 is 17.2 Å². The van der Waals surface area contributed by atoms with Crippen LogP contribution in [-0.4, -0.2) is 18.4 Å². The lowest BCUT2D eigenvalue weighted by Crippen LogP contribution is -1.90. The first-order valence-electron chi connectivity index (χ1n) is 6.97. The number of nitrogens with one attached hydrogen (secondary N) is 1. The molecule has 0 aliphatic carbocycles. The maximum Gasteiger partial charge on any atom is 0.165 e. The van der Waals surface area contributed by atoms with E-state index in [1.54, 1.807) is 12.1 Å². The SMILES string of the molecule is COc1ccc(-c2[nH]c3cc(C)cc(C)c3c2C=O)cc1F. The highest BCUT2D eigenvalue weighted by molar-refractivity contribution is 6.06. The fourth-order valence-corrected chi connectivity index (χ4v) is 2.92. The molecule has 0 radical (unpaired) electrons. The zero-order valence-electron chi connectivity index (χ0n) is 12.7. The van der Waals surface area contributed by atoms with Gasteiger partial charge in [0.1, 0.15) is 0 Å². The van der Waals surface area contributed by atoms with Crippen molar-refractivity contribution in [2.75, 3.05) is 7.11 Å². The fourth-order valence-electron chi connectivity index (χ4n) is 2.92. The van der Waals surface area contributed by atoms with E-state index in [-0.39, 0.29) is 5.75 Å². The summed E-state index contributed by atoms with van der Waals surface area (Å²) in [5.74, 6) is -0.275. The first-order chi connectivity index (χ1) is 10.5. The molecule has 0 bridgehead atoms. The number of carbonyl (C=O) groups excluding carboxylic acids is 1. The lowest BCUT2D eigenvalue weighted by atomic mass is 10.0. The van der Waals surface area contributed by atoms with E-state index in [9.17, 15) is 9.18 Å². The Balaban J connectivity index is 2.29. The van der Waals surface area contributed by atoms with Gasteiger partial charge in [-0.3, -0.25) is 4.79 Å². The normalized spacial score (nSPS) is 10.9. The molecule has 0 spiro atoms. The average Bonchev–Trinajstić information content (AvgIpc) is 2.85. The first kappa shape index (κ1) is 14.3. The minimum atomic E-state index is -0.455. The smallest absolute Gasteiger partial charge is 0.165 e. The molecule has 1 N–H and O–H groups in total. The van der Waals surface area contributed by atoms with Crippen molar-refractivity contribution < 1.29 is 13.9 Å². The highest BCUT2D eigenvalue weighted by Gasteiger charge is 2.16. The number of benzene rings is 2. The third-order valence-electron chi connectivity index (χ3n) is 3.84. The Labute approximate surface area is 127 Å². The number of ether oxygens (including phenoxy) is 1. The molecule has 1 heterocycles. The van der Waals surface area contributed by atoms with E-state index in [0.717, 1.165) is 28.3 Å². The number of aldehydes is 1. The Hall–Kier alpha value is -2.62. The number of aryl methyl sites for hydroxylation is 2. The number of methoxy groups -OCH3 is 1. The van der Waals surface area contributed by atoms with Gasteiger partial charge in [0.15, 0.2) is 17.9 Å². The lowest BCUT2D eigenvalue weighted by Gasteiger charge is -2.05. The number of fused-ring (bicyclic) bond motifs is 1. The van der Waals surface area contributed by atoms with Gasteiger partial charge in [-0.25, -0.2) is 4.39 Å². The van der Waals surface area contributed by atoms with Gasteiger partial charge in [-0.1, -0.05) is 6.07 Å². The highest BCUT2D eigenvalue weighted by atomic mass is 19.1. The molecule has 2 aromatic carbocycles. The van der Waals surface area contributed by atoms with Crippen LogP contribution in [0.4, 0.5) is 4.39 Å². The quantitative estimate of drug-likeness (QED) is 0.727. The molecule has 22 heavy (non-hydrogen) atoms. The molecule has 3 nitrogen and oxygen atoms in total. The van der Waals surface area contributed by atoms with Crippen LogP contribution in [0.25, 0.3) is 22.2 Å². The largest absolute Gasteiger partial charge is 0.494 e. The number of hydrogen-bond acceptors (Lipinski definition) is 2. The molecule has 0 saturated carbocycles. The number of rotatable bonds is 3. The standard InChI is InChI=1S/C18H16FNO2/c1-10-6-11(2)17-13(9-21)18(20-15(17)7-10)12-4-5-16(22-3)14(19)8-12/h4-9,20H,1-3H3. The van der Waals surface area contributed by atoms with E-state index in [2.05, 4.69) is 4.98 Å². The van der Waals surface area contributed by atoms with Crippen LogP contribution in [0.5, 0.6) is 5.75 Å². The minimum absolute atomic E-state index is 0.180. The van der Waals surface area contributed by atoms with Crippen LogP contribution >= 0.6 is 0 Å². The third-order valence-corrected chi connectivity index (χ3v) is 3.84. The van der Waals surface area contributed by atoms with E-state index in [1.807, 2.05) is 26.0 Å². The Bertz CT molecular complexity index is 880.